The van der Waals surface area contributed by atoms with E-state index in [1.807, 2.05) is 0 Å². The minimum absolute atomic E-state index is 0.0934. The fourth-order valence-corrected chi connectivity index (χ4v) is 4.31. The fourth-order valence-electron chi connectivity index (χ4n) is 4.31. The van der Waals surface area contributed by atoms with Gasteiger partial charge in [0.05, 0.1) is 19.3 Å². The average Bonchev–Trinajstić information content (AvgIpc) is 3.28. The summed E-state index contributed by atoms with van der Waals surface area (Å²) in [5, 5.41) is 20.1. The number of benzene rings is 1. The molecule has 3 aromatic rings. The first kappa shape index (κ1) is 24.5. The first-order chi connectivity index (χ1) is 16.9. The number of carbonyl (C=O) groups is 1. The van der Waals surface area contributed by atoms with Crippen LogP contribution in [0.4, 0.5) is 14.6 Å². The minimum Gasteiger partial charge on any atom is -0.449 e. The van der Waals surface area contributed by atoms with Gasteiger partial charge in [0.25, 0.3) is 11.5 Å². The first-order valence-corrected chi connectivity index (χ1v) is 11.6. The molecule has 2 N–H and O–H groups in total. The number of halogens is 2. The molecule has 0 saturated heterocycles. The van der Waals surface area contributed by atoms with E-state index in [0.29, 0.717) is 12.2 Å². The number of hydrogen-bond acceptors (Lipinski definition) is 6. The molecule has 0 radical (unpaired) electrons. The van der Waals surface area contributed by atoms with Gasteiger partial charge in [-0.1, -0.05) is 38.2 Å². The van der Waals surface area contributed by atoms with Crippen LogP contribution in [0, 0.1) is 17.6 Å². The molecule has 1 aliphatic rings. The fraction of sp³-hybridized carbons (Fsp3) is 0.417. The molecule has 1 aromatic carbocycles. The summed E-state index contributed by atoms with van der Waals surface area (Å²) in [7, 11) is 0. The van der Waals surface area contributed by atoms with Crippen LogP contribution >= 0.6 is 0 Å². The van der Waals surface area contributed by atoms with Gasteiger partial charge in [-0.25, -0.2) is 13.5 Å². The number of amides is 1. The molecule has 4 rings (SSSR count). The Morgan fingerprint density at radius 1 is 1.20 bits per heavy atom. The highest BCUT2D eigenvalue weighted by Gasteiger charge is 2.28. The van der Waals surface area contributed by atoms with Gasteiger partial charge in [-0.15, -0.1) is 0 Å². The molecule has 1 amide bonds. The molecule has 0 unspecified atom stereocenters. The summed E-state index contributed by atoms with van der Waals surface area (Å²) < 4.78 is 35.6. The molecule has 9 nitrogen and oxygen atoms in total. The SMILES string of the molecule is O=C(Nc1ccn(CCO)n1)[C@H](CC1CCCCC1)n1ncc(Oc2c(F)cccc2F)cc1=O. The van der Waals surface area contributed by atoms with Gasteiger partial charge in [0.15, 0.2) is 29.0 Å². The summed E-state index contributed by atoms with van der Waals surface area (Å²) in [5.74, 6) is -2.51. The van der Waals surface area contributed by atoms with Gasteiger partial charge in [-0.05, 0) is 24.5 Å². The van der Waals surface area contributed by atoms with Gasteiger partial charge < -0.3 is 15.2 Å². The number of aliphatic hydroxyl groups is 1. The Hall–Kier alpha value is -3.60. The molecule has 186 valence electrons. The second kappa shape index (κ2) is 11.2. The number of aliphatic hydroxyl groups excluding tert-OH is 1. The Morgan fingerprint density at radius 2 is 1.94 bits per heavy atom. The van der Waals surface area contributed by atoms with Crippen LogP contribution in [-0.2, 0) is 11.3 Å². The van der Waals surface area contributed by atoms with E-state index < -0.39 is 34.9 Å². The quantitative estimate of drug-likeness (QED) is 0.477. The lowest BCUT2D eigenvalue weighted by atomic mass is 9.84. The zero-order valence-electron chi connectivity index (χ0n) is 19.1. The third-order valence-corrected chi connectivity index (χ3v) is 6.04. The molecule has 0 aliphatic heterocycles. The third kappa shape index (κ3) is 6.10. The largest absolute Gasteiger partial charge is 0.449 e. The van der Waals surface area contributed by atoms with Crippen molar-refractivity contribution in [3.8, 4) is 11.5 Å². The number of aromatic nitrogens is 4. The molecule has 0 spiro atoms. The van der Waals surface area contributed by atoms with Crippen LogP contribution in [0.25, 0.3) is 0 Å². The van der Waals surface area contributed by atoms with E-state index in [9.17, 15) is 18.4 Å². The highest BCUT2D eigenvalue weighted by Crippen LogP contribution is 2.31. The summed E-state index contributed by atoms with van der Waals surface area (Å²) in [5.41, 5.74) is -0.638. The van der Waals surface area contributed by atoms with Gasteiger partial charge in [0.2, 0.25) is 0 Å². The predicted octanol–water partition coefficient (Wildman–Crippen LogP) is 3.65. The number of anilines is 1. The lowest BCUT2D eigenvalue weighted by molar-refractivity contribution is -0.120. The van der Waals surface area contributed by atoms with Crippen molar-refractivity contribution in [1.82, 2.24) is 19.6 Å². The summed E-state index contributed by atoms with van der Waals surface area (Å²) in [4.78, 5) is 26.2. The maximum Gasteiger partial charge on any atom is 0.271 e. The molecule has 35 heavy (non-hydrogen) atoms. The number of nitrogens with one attached hydrogen (secondary N) is 1. The molecule has 1 aliphatic carbocycles. The van der Waals surface area contributed by atoms with Crippen LogP contribution in [0.3, 0.4) is 0 Å². The van der Waals surface area contributed by atoms with Crippen molar-refractivity contribution in [2.24, 2.45) is 5.92 Å². The number of ether oxygens (including phenoxy) is 1. The second-order valence-electron chi connectivity index (χ2n) is 8.56. The van der Waals surface area contributed by atoms with Crippen LogP contribution < -0.4 is 15.6 Å². The zero-order valence-corrected chi connectivity index (χ0v) is 19.1. The Labute approximate surface area is 200 Å². The monoisotopic (exact) mass is 487 g/mol. The first-order valence-electron chi connectivity index (χ1n) is 11.6. The Kier molecular flexibility index (Phi) is 7.86. The Balaban J connectivity index is 1.57. The van der Waals surface area contributed by atoms with Gasteiger partial charge >= 0.3 is 0 Å². The van der Waals surface area contributed by atoms with Crippen molar-refractivity contribution in [1.29, 1.82) is 0 Å². The van der Waals surface area contributed by atoms with E-state index in [-0.39, 0.29) is 24.8 Å². The van der Waals surface area contributed by atoms with Crippen LogP contribution in [0.5, 0.6) is 11.5 Å². The average molecular weight is 488 g/mol. The standard InChI is InChI=1S/C24H27F2N5O4/c25-18-7-4-8-19(26)23(18)35-17-14-22(33)31(27-15-17)20(13-16-5-2-1-3-6-16)24(34)28-21-9-10-30(29-21)11-12-32/h4,7-10,14-16,20,32H,1-3,5-6,11-13H2,(H,28,29,34)/t20-/m0/s1. The van der Waals surface area contributed by atoms with Gasteiger partial charge in [0, 0.05) is 18.3 Å². The van der Waals surface area contributed by atoms with Crippen LogP contribution in [0.1, 0.15) is 44.6 Å². The summed E-state index contributed by atoms with van der Waals surface area (Å²) >= 11 is 0. The number of nitrogens with zero attached hydrogens (tertiary/aromatic N) is 4. The van der Waals surface area contributed by atoms with E-state index in [1.165, 1.54) is 10.7 Å². The van der Waals surface area contributed by atoms with Crippen molar-refractivity contribution in [3.05, 3.63) is 64.7 Å². The third-order valence-electron chi connectivity index (χ3n) is 6.04. The highest BCUT2D eigenvalue weighted by atomic mass is 19.1. The van der Waals surface area contributed by atoms with Crippen molar-refractivity contribution < 1.29 is 23.4 Å². The Morgan fingerprint density at radius 3 is 2.63 bits per heavy atom. The number of rotatable bonds is 9. The number of carbonyl (C=O) groups excluding carboxylic acids is 1. The van der Waals surface area contributed by atoms with E-state index in [1.54, 1.807) is 12.3 Å². The molecule has 11 heteroatoms. The molecule has 1 saturated carbocycles. The lowest BCUT2D eigenvalue weighted by Gasteiger charge is -2.26. The molecule has 2 aromatic heterocycles. The van der Waals surface area contributed by atoms with E-state index in [2.05, 4.69) is 15.5 Å². The molecule has 1 fully saturated rings. The van der Waals surface area contributed by atoms with Crippen LogP contribution in [-0.4, -0.2) is 37.2 Å². The van der Waals surface area contributed by atoms with E-state index in [4.69, 9.17) is 9.84 Å². The smallest absolute Gasteiger partial charge is 0.271 e. The summed E-state index contributed by atoms with van der Waals surface area (Å²) in [6.45, 7) is 0.191. The maximum absolute atomic E-state index is 13.9. The normalized spacial score (nSPS) is 15.1. The molecular formula is C24H27F2N5O4. The topological polar surface area (TPSA) is 111 Å². The molecule has 1 atom stereocenters. The Bertz CT molecular complexity index is 1200. The van der Waals surface area contributed by atoms with Crippen LogP contribution in [0.2, 0.25) is 0 Å². The van der Waals surface area contributed by atoms with Crippen molar-refractivity contribution in [2.45, 2.75) is 51.1 Å². The minimum atomic E-state index is -0.913. The summed E-state index contributed by atoms with van der Waals surface area (Å²) in [6.07, 6.45) is 8.38. The van der Waals surface area contributed by atoms with Gasteiger partial charge in [-0.2, -0.15) is 10.2 Å². The molecule has 2 heterocycles. The molecular weight excluding hydrogens is 460 g/mol. The van der Waals surface area contributed by atoms with Gasteiger partial charge in [-0.3, -0.25) is 14.3 Å². The number of hydrogen-bond donors (Lipinski definition) is 2. The van der Waals surface area contributed by atoms with Crippen molar-refractivity contribution in [2.75, 3.05) is 11.9 Å². The lowest BCUT2D eigenvalue weighted by Crippen LogP contribution is -2.36. The van der Waals surface area contributed by atoms with E-state index in [0.717, 1.165) is 61.2 Å². The highest BCUT2D eigenvalue weighted by molar-refractivity contribution is 5.92. The zero-order chi connectivity index (χ0) is 24.8. The maximum atomic E-state index is 13.9. The number of para-hydroxylation sites is 1. The molecule has 0 bridgehead atoms. The van der Waals surface area contributed by atoms with Crippen molar-refractivity contribution in [3.63, 3.8) is 0 Å². The second-order valence-corrected chi connectivity index (χ2v) is 8.56. The summed E-state index contributed by atoms with van der Waals surface area (Å²) in [6, 6.07) is 5.03. The van der Waals surface area contributed by atoms with Gasteiger partial charge in [0.1, 0.15) is 6.04 Å². The predicted molar refractivity (Wildman–Crippen MR) is 123 cm³/mol. The van der Waals surface area contributed by atoms with Crippen LogP contribution in [0.15, 0.2) is 47.5 Å². The van der Waals surface area contributed by atoms with E-state index >= 15 is 0 Å². The van der Waals surface area contributed by atoms with Crippen molar-refractivity contribution >= 4 is 11.7 Å².